The predicted octanol–water partition coefficient (Wildman–Crippen LogP) is 4.59. The van der Waals surface area contributed by atoms with Gasteiger partial charge < -0.3 is 0 Å². The third kappa shape index (κ3) is 3.59. The lowest BCUT2D eigenvalue weighted by atomic mass is 10.1. The summed E-state index contributed by atoms with van der Waals surface area (Å²) in [6.07, 6.45) is 8.09. The van der Waals surface area contributed by atoms with E-state index in [1.54, 1.807) is 18.2 Å². The van der Waals surface area contributed by atoms with E-state index in [2.05, 4.69) is 6.58 Å². The number of para-hydroxylation sites is 1. The van der Waals surface area contributed by atoms with E-state index in [-0.39, 0.29) is 0 Å². The molecular weight excluding hydrogens is 213 g/mol. The fraction of sp³-hybridized carbons (Fsp3) is 0.200. The van der Waals surface area contributed by atoms with Gasteiger partial charge in [-0.05, 0) is 38.0 Å². The number of anilines is 1. The number of hydrogen-bond donors (Lipinski definition) is 0. The van der Waals surface area contributed by atoms with Crippen LogP contribution < -0.4 is 5.12 Å². The smallest absolute Gasteiger partial charge is 0.0781 e. The van der Waals surface area contributed by atoms with Crippen LogP contribution in [0.2, 0.25) is 0 Å². The standard InChI is InChI=1S/C15H18FN/c1-4-6-10-14-11-7-8-12-15(14)17(16)13(3)9-5-2/h4-9,11-12H,3,10H2,1-2H3/b6-4-,9-5-. The Labute approximate surface area is 103 Å². The monoisotopic (exact) mass is 231 g/mol. The minimum Gasteiger partial charge on any atom is -0.180 e. The van der Waals surface area contributed by atoms with Gasteiger partial charge in [0, 0.05) is 0 Å². The summed E-state index contributed by atoms with van der Waals surface area (Å²) < 4.78 is 14.1. The minimum absolute atomic E-state index is 0.334. The fourth-order valence-electron chi connectivity index (χ4n) is 1.53. The molecule has 0 radical (unpaired) electrons. The Kier molecular flexibility index (Phi) is 5.21. The average molecular weight is 231 g/mol. The highest BCUT2D eigenvalue weighted by Crippen LogP contribution is 2.25. The van der Waals surface area contributed by atoms with E-state index < -0.39 is 0 Å². The summed E-state index contributed by atoms with van der Waals surface area (Å²) in [5.74, 6) is 0. The van der Waals surface area contributed by atoms with Crippen molar-refractivity contribution in [2.45, 2.75) is 20.3 Å². The lowest BCUT2D eigenvalue weighted by Gasteiger charge is -2.17. The number of hydrogen-bond acceptors (Lipinski definition) is 1. The van der Waals surface area contributed by atoms with Crippen molar-refractivity contribution in [3.05, 3.63) is 66.4 Å². The van der Waals surface area contributed by atoms with Crippen LogP contribution in [0.1, 0.15) is 19.4 Å². The summed E-state index contributed by atoms with van der Waals surface area (Å²) in [4.78, 5) is 0. The Morgan fingerprint density at radius 3 is 2.65 bits per heavy atom. The zero-order valence-electron chi connectivity index (χ0n) is 10.4. The topological polar surface area (TPSA) is 3.24 Å². The SMILES string of the molecule is C=C(/C=C\C)N(F)c1ccccc1C/C=C\C. The number of benzene rings is 1. The van der Waals surface area contributed by atoms with Crippen LogP contribution >= 0.6 is 0 Å². The maximum absolute atomic E-state index is 14.1. The molecule has 0 fully saturated rings. The van der Waals surface area contributed by atoms with Gasteiger partial charge in [-0.2, -0.15) is 5.12 Å². The van der Waals surface area contributed by atoms with E-state index in [0.29, 0.717) is 16.5 Å². The first-order chi connectivity index (χ1) is 8.20. The summed E-state index contributed by atoms with van der Waals surface area (Å²) in [6.45, 7) is 7.48. The summed E-state index contributed by atoms with van der Waals surface area (Å²) in [7, 11) is 0. The molecule has 0 N–H and O–H groups in total. The molecule has 0 bridgehead atoms. The molecule has 17 heavy (non-hydrogen) atoms. The van der Waals surface area contributed by atoms with Crippen molar-refractivity contribution in [1.29, 1.82) is 0 Å². The second-order valence-corrected chi connectivity index (χ2v) is 3.67. The Morgan fingerprint density at radius 2 is 2.00 bits per heavy atom. The molecule has 1 rings (SSSR count). The molecule has 0 unspecified atom stereocenters. The second-order valence-electron chi connectivity index (χ2n) is 3.67. The van der Waals surface area contributed by atoms with Crippen molar-refractivity contribution in [3.8, 4) is 0 Å². The van der Waals surface area contributed by atoms with Gasteiger partial charge in [-0.15, -0.1) is 0 Å². The zero-order chi connectivity index (χ0) is 12.7. The van der Waals surface area contributed by atoms with Crippen molar-refractivity contribution >= 4 is 5.69 Å². The molecule has 2 heteroatoms. The number of allylic oxidation sites excluding steroid dienone is 4. The van der Waals surface area contributed by atoms with Crippen LogP contribution in [0.25, 0.3) is 0 Å². The van der Waals surface area contributed by atoms with Crippen LogP contribution in [0.3, 0.4) is 0 Å². The first kappa shape index (κ1) is 13.2. The van der Waals surface area contributed by atoms with Gasteiger partial charge in [-0.1, -0.05) is 47.5 Å². The Hall–Kier alpha value is -1.83. The summed E-state index contributed by atoms with van der Waals surface area (Å²) in [5.41, 5.74) is 1.83. The van der Waals surface area contributed by atoms with Gasteiger partial charge in [0.1, 0.15) is 0 Å². The number of halogens is 1. The molecule has 0 aliphatic carbocycles. The molecule has 0 saturated heterocycles. The zero-order valence-corrected chi connectivity index (χ0v) is 10.4. The third-order valence-corrected chi connectivity index (χ3v) is 2.39. The average Bonchev–Trinajstić information content (AvgIpc) is 2.36. The summed E-state index contributed by atoms with van der Waals surface area (Å²) in [5, 5.41) is 0.624. The van der Waals surface area contributed by atoms with Crippen LogP contribution in [0.5, 0.6) is 0 Å². The quantitative estimate of drug-likeness (QED) is 0.407. The molecule has 0 atom stereocenters. The minimum atomic E-state index is 0.334. The van der Waals surface area contributed by atoms with E-state index in [9.17, 15) is 4.48 Å². The largest absolute Gasteiger partial charge is 0.180 e. The van der Waals surface area contributed by atoms with E-state index in [1.807, 2.05) is 44.2 Å². The lowest BCUT2D eigenvalue weighted by Crippen LogP contribution is -2.10. The van der Waals surface area contributed by atoms with Crippen LogP contribution in [-0.4, -0.2) is 0 Å². The van der Waals surface area contributed by atoms with Crippen LogP contribution in [-0.2, 0) is 6.42 Å². The number of nitrogens with zero attached hydrogens (tertiary/aromatic N) is 1. The van der Waals surface area contributed by atoms with Gasteiger partial charge in [-0.3, -0.25) is 0 Å². The fourth-order valence-corrected chi connectivity index (χ4v) is 1.53. The highest BCUT2D eigenvalue weighted by molar-refractivity contribution is 5.57. The van der Waals surface area contributed by atoms with Gasteiger partial charge in [0.2, 0.25) is 0 Å². The molecule has 0 aromatic heterocycles. The van der Waals surface area contributed by atoms with Gasteiger partial charge in [0.05, 0.1) is 11.4 Å². The Morgan fingerprint density at radius 1 is 1.29 bits per heavy atom. The molecule has 0 heterocycles. The van der Waals surface area contributed by atoms with Gasteiger partial charge >= 0.3 is 0 Å². The maximum Gasteiger partial charge on any atom is 0.0781 e. The molecular formula is C15H18FN. The highest BCUT2D eigenvalue weighted by atomic mass is 19.2. The van der Waals surface area contributed by atoms with Crippen molar-refractivity contribution in [1.82, 2.24) is 0 Å². The predicted molar refractivity (Wildman–Crippen MR) is 72.5 cm³/mol. The molecule has 1 aromatic carbocycles. The van der Waals surface area contributed by atoms with Crippen molar-refractivity contribution in [2.75, 3.05) is 5.12 Å². The normalized spacial score (nSPS) is 11.2. The first-order valence-electron chi connectivity index (χ1n) is 5.67. The van der Waals surface area contributed by atoms with E-state index >= 15 is 0 Å². The molecule has 1 aromatic rings. The first-order valence-corrected chi connectivity index (χ1v) is 5.67. The van der Waals surface area contributed by atoms with Crippen LogP contribution in [0.15, 0.2) is 60.8 Å². The van der Waals surface area contributed by atoms with Crippen molar-refractivity contribution < 1.29 is 4.48 Å². The van der Waals surface area contributed by atoms with E-state index in [4.69, 9.17) is 0 Å². The van der Waals surface area contributed by atoms with E-state index in [0.717, 1.165) is 12.0 Å². The maximum atomic E-state index is 14.1. The molecule has 0 aliphatic rings. The summed E-state index contributed by atoms with van der Waals surface area (Å²) >= 11 is 0. The van der Waals surface area contributed by atoms with Gasteiger partial charge in [0.25, 0.3) is 0 Å². The molecule has 0 spiro atoms. The summed E-state index contributed by atoms with van der Waals surface area (Å²) in [6, 6.07) is 7.41. The molecule has 1 nitrogen and oxygen atoms in total. The molecule has 0 saturated carbocycles. The Bertz CT molecular complexity index is 432. The third-order valence-electron chi connectivity index (χ3n) is 2.39. The Balaban J connectivity index is 2.99. The molecule has 0 amide bonds. The number of rotatable bonds is 5. The molecule has 0 aliphatic heterocycles. The lowest BCUT2D eigenvalue weighted by molar-refractivity contribution is 0.485. The second kappa shape index (κ2) is 6.69. The van der Waals surface area contributed by atoms with Gasteiger partial charge in [-0.25, -0.2) is 0 Å². The van der Waals surface area contributed by atoms with Crippen molar-refractivity contribution in [2.24, 2.45) is 0 Å². The van der Waals surface area contributed by atoms with Crippen LogP contribution in [0, 0.1) is 0 Å². The van der Waals surface area contributed by atoms with E-state index in [1.165, 1.54) is 0 Å². The highest BCUT2D eigenvalue weighted by Gasteiger charge is 2.10. The van der Waals surface area contributed by atoms with Crippen molar-refractivity contribution in [3.63, 3.8) is 0 Å². The molecule has 90 valence electrons. The van der Waals surface area contributed by atoms with Crippen LogP contribution in [0.4, 0.5) is 10.2 Å². The van der Waals surface area contributed by atoms with Gasteiger partial charge in [0.15, 0.2) is 0 Å².